The Hall–Kier alpha value is -1.63. The Balaban J connectivity index is 0.00000243. The second-order valence-electron chi connectivity index (χ2n) is 7.07. The number of hydrogen-bond acceptors (Lipinski definition) is 4. The van der Waals surface area contributed by atoms with E-state index < -0.39 is 0 Å². The van der Waals surface area contributed by atoms with Gasteiger partial charge < -0.3 is 20.4 Å². The Morgan fingerprint density at radius 2 is 1.69 bits per heavy atom. The minimum absolute atomic E-state index is 0. The van der Waals surface area contributed by atoms with Gasteiger partial charge in [0.1, 0.15) is 0 Å². The molecule has 6 nitrogen and oxygen atoms in total. The lowest BCUT2D eigenvalue weighted by Gasteiger charge is -2.32. The molecule has 0 aliphatic carbocycles. The molecule has 2 fully saturated rings. The van der Waals surface area contributed by atoms with Crippen molar-refractivity contribution >= 4 is 29.9 Å². The Morgan fingerprint density at radius 1 is 1.08 bits per heavy atom. The number of amides is 2. The van der Waals surface area contributed by atoms with Crippen LogP contribution in [0.25, 0.3) is 0 Å². The summed E-state index contributed by atoms with van der Waals surface area (Å²) in [7, 11) is 2.08. The number of carbonyl (C=O) groups is 2. The molecule has 26 heavy (non-hydrogen) atoms. The number of piperazine rings is 1. The van der Waals surface area contributed by atoms with E-state index in [1.807, 2.05) is 29.2 Å². The van der Waals surface area contributed by atoms with Crippen LogP contribution in [-0.2, 0) is 16.0 Å². The minimum atomic E-state index is 0. The number of carbonyl (C=O) groups excluding carboxylic acids is 2. The second-order valence-corrected chi connectivity index (χ2v) is 7.07. The zero-order valence-corrected chi connectivity index (χ0v) is 16.2. The number of nitrogens with zero attached hydrogens (tertiary/aromatic N) is 2. The van der Waals surface area contributed by atoms with Crippen molar-refractivity contribution in [1.82, 2.24) is 15.1 Å². The molecule has 0 atom stereocenters. The molecule has 0 spiro atoms. The monoisotopic (exact) mass is 380 g/mol. The molecule has 0 radical (unpaired) electrons. The Kier molecular flexibility index (Phi) is 7.87. The van der Waals surface area contributed by atoms with E-state index in [0.717, 1.165) is 63.4 Å². The number of benzene rings is 1. The largest absolute Gasteiger partial charge is 0.340 e. The van der Waals surface area contributed by atoms with Crippen LogP contribution in [0.15, 0.2) is 24.3 Å². The predicted octanol–water partition coefficient (Wildman–Crippen LogP) is 1.36. The predicted molar refractivity (Wildman–Crippen MR) is 106 cm³/mol. The molecule has 2 N–H and O–H groups in total. The lowest BCUT2D eigenvalue weighted by Crippen LogP contribution is -2.47. The van der Waals surface area contributed by atoms with Crippen LogP contribution in [0.2, 0.25) is 0 Å². The highest BCUT2D eigenvalue weighted by Crippen LogP contribution is 2.17. The van der Waals surface area contributed by atoms with E-state index >= 15 is 0 Å². The molecule has 2 aliphatic rings. The van der Waals surface area contributed by atoms with E-state index in [-0.39, 0.29) is 30.1 Å². The Bertz CT molecular complexity index is 594. The molecule has 1 aromatic rings. The van der Waals surface area contributed by atoms with Gasteiger partial charge in [0.2, 0.25) is 11.8 Å². The fourth-order valence-corrected chi connectivity index (χ4v) is 3.38. The third-order valence-corrected chi connectivity index (χ3v) is 5.14. The minimum Gasteiger partial charge on any atom is -0.340 e. The molecule has 144 valence electrons. The number of halogens is 1. The summed E-state index contributed by atoms with van der Waals surface area (Å²) in [6.45, 7) is 5.30. The van der Waals surface area contributed by atoms with Gasteiger partial charge in [-0.25, -0.2) is 0 Å². The first-order chi connectivity index (χ1) is 12.1. The maximum Gasteiger partial charge on any atom is 0.227 e. The molecular weight excluding hydrogens is 352 g/mol. The van der Waals surface area contributed by atoms with Gasteiger partial charge in [0, 0.05) is 37.8 Å². The molecule has 0 aromatic heterocycles. The molecule has 2 aliphatic heterocycles. The van der Waals surface area contributed by atoms with Gasteiger partial charge in [-0.05, 0) is 50.7 Å². The molecule has 2 saturated heterocycles. The van der Waals surface area contributed by atoms with Crippen LogP contribution in [0.1, 0.15) is 18.4 Å². The van der Waals surface area contributed by atoms with E-state index in [9.17, 15) is 9.59 Å². The van der Waals surface area contributed by atoms with Crippen LogP contribution in [0.5, 0.6) is 0 Å². The van der Waals surface area contributed by atoms with E-state index in [2.05, 4.69) is 22.6 Å². The standard InChI is InChI=1S/C19H28N4O2.ClH/c1-22-10-12-23(13-11-22)18(24)14-15-2-4-17(5-3-15)21-19(25)16-6-8-20-9-7-16;/h2-5,16,20H,6-14H2,1H3,(H,21,25);1H. The number of anilines is 1. The average Bonchev–Trinajstić information content (AvgIpc) is 2.64. The summed E-state index contributed by atoms with van der Waals surface area (Å²) in [5.74, 6) is 0.377. The van der Waals surface area contributed by atoms with Gasteiger partial charge in [-0.15, -0.1) is 12.4 Å². The number of nitrogens with one attached hydrogen (secondary N) is 2. The van der Waals surface area contributed by atoms with Gasteiger partial charge in [-0.1, -0.05) is 12.1 Å². The molecular formula is C19H29ClN4O2. The summed E-state index contributed by atoms with van der Waals surface area (Å²) in [5.41, 5.74) is 1.79. The molecule has 3 rings (SSSR count). The summed E-state index contributed by atoms with van der Waals surface area (Å²) in [5, 5.41) is 6.26. The van der Waals surface area contributed by atoms with Gasteiger partial charge in [0.05, 0.1) is 6.42 Å². The summed E-state index contributed by atoms with van der Waals surface area (Å²) in [4.78, 5) is 28.8. The number of piperidine rings is 1. The van der Waals surface area contributed by atoms with Crippen molar-refractivity contribution in [2.45, 2.75) is 19.3 Å². The van der Waals surface area contributed by atoms with Crippen molar-refractivity contribution in [1.29, 1.82) is 0 Å². The van der Waals surface area contributed by atoms with Crippen molar-refractivity contribution in [3.63, 3.8) is 0 Å². The first-order valence-corrected chi connectivity index (χ1v) is 9.18. The van der Waals surface area contributed by atoms with Crippen molar-refractivity contribution in [3.05, 3.63) is 29.8 Å². The average molecular weight is 381 g/mol. The van der Waals surface area contributed by atoms with Crippen molar-refractivity contribution < 1.29 is 9.59 Å². The molecule has 7 heteroatoms. The maximum absolute atomic E-state index is 12.4. The highest BCUT2D eigenvalue weighted by Gasteiger charge is 2.21. The second kappa shape index (κ2) is 9.90. The Labute approximate surface area is 161 Å². The van der Waals surface area contributed by atoms with Crippen LogP contribution < -0.4 is 10.6 Å². The number of likely N-dealkylation sites (N-methyl/N-ethyl adjacent to an activating group) is 1. The van der Waals surface area contributed by atoms with Gasteiger partial charge in [-0.2, -0.15) is 0 Å². The van der Waals surface area contributed by atoms with Crippen LogP contribution in [0.3, 0.4) is 0 Å². The van der Waals surface area contributed by atoms with Crippen LogP contribution in [0.4, 0.5) is 5.69 Å². The highest BCUT2D eigenvalue weighted by atomic mass is 35.5. The molecule has 0 unspecified atom stereocenters. The van der Waals surface area contributed by atoms with E-state index in [4.69, 9.17) is 0 Å². The van der Waals surface area contributed by atoms with Gasteiger partial charge in [0.15, 0.2) is 0 Å². The molecule has 0 bridgehead atoms. The Morgan fingerprint density at radius 3 is 2.31 bits per heavy atom. The molecule has 2 heterocycles. The third-order valence-electron chi connectivity index (χ3n) is 5.14. The molecule has 0 saturated carbocycles. The number of hydrogen-bond donors (Lipinski definition) is 2. The topological polar surface area (TPSA) is 64.7 Å². The quantitative estimate of drug-likeness (QED) is 0.828. The number of rotatable bonds is 4. The first kappa shape index (κ1) is 20.7. The SMILES string of the molecule is CN1CCN(C(=O)Cc2ccc(NC(=O)C3CCNCC3)cc2)CC1.Cl. The third kappa shape index (κ3) is 5.69. The normalized spacial score (nSPS) is 18.9. The molecule has 1 aromatic carbocycles. The highest BCUT2D eigenvalue weighted by molar-refractivity contribution is 5.92. The van der Waals surface area contributed by atoms with Gasteiger partial charge in [-0.3, -0.25) is 9.59 Å². The lowest BCUT2D eigenvalue weighted by atomic mass is 9.97. The summed E-state index contributed by atoms with van der Waals surface area (Å²) in [6, 6.07) is 7.66. The maximum atomic E-state index is 12.4. The zero-order chi connectivity index (χ0) is 17.6. The summed E-state index contributed by atoms with van der Waals surface area (Å²) < 4.78 is 0. The van der Waals surface area contributed by atoms with Crippen LogP contribution in [-0.4, -0.2) is 67.9 Å². The van der Waals surface area contributed by atoms with Gasteiger partial charge >= 0.3 is 0 Å². The van der Waals surface area contributed by atoms with E-state index in [0.29, 0.717) is 6.42 Å². The molecule has 2 amide bonds. The van der Waals surface area contributed by atoms with Crippen molar-refractivity contribution in [2.24, 2.45) is 5.92 Å². The van der Waals surface area contributed by atoms with E-state index in [1.54, 1.807) is 0 Å². The van der Waals surface area contributed by atoms with Crippen molar-refractivity contribution in [2.75, 3.05) is 51.6 Å². The van der Waals surface area contributed by atoms with Crippen LogP contribution in [0, 0.1) is 5.92 Å². The van der Waals surface area contributed by atoms with E-state index in [1.165, 1.54) is 0 Å². The smallest absolute Gasteiger partial charge is 0.227 e. The first-order valence-electron chi connectivity index (χ1n) is 9.18. The van der Waals surface area contributed by atoms with Crippen LogP contribution >= 0.6 is 12.4 Å². The summed E-state index contributed by atoms with van der Waals surface area (Å²) in [6.07, 6.45) is 2.21. The fourth-order valence-electron chi connectivity index (χ4n) is 3.38. The fraction of sp³-hybridized carbons (Fsp3) is 0.579. The lowest BCUT2D eigenvalue weighted by molar-refractivity contribution is -0.132. The van der Waals surface area contributed by atoms with Crippen molar-refractivity contribution in [3.8, 4) is 0 Å². The van der Waals surface area contributed by atoms with Gasteiger partial charge in [0.25, 0.3) is 0 Å². The zero-order valence-electron chi connectivity index (χ0n) is 15.4. The summed E-state index contributed by atoms with van der Waals surface area (Å²) >= 11 is 0.